The van der Waals surface area contributed by atoms with Crippen molar-refractivity contribution >= 4 is 24.0 Å². The first-order valence-electron chi connectivity index (χ1n) is 9.25. The number of urea groups is 1. The van der Waals surface area contributed by atoms with Gasteiger partial charge in [0.15, 0.2) is 17.6 Å². The fourth-order valence-electron chi connectivity index (χ4n) is 2.56. The fraction of sp³-hybridized carbons (Fsp3) is 0.450. The molecular weight excluding hydrogens is 364 g/mol. The molecule has 0 unspecified atom stereocenters. The number of methoxy groups -OCH3 is 1. The van der Waals surface area contributed by atoms with Crippen molar-refractivity contribution in [2.75, 3.05) is 26.8 Å². The summed E-state index contributed by atoms with van der Waals surface area (Å²) in [6.45, 7) is 4.79. The first-order valence-corrected chi connectivity index (χ1v) is 9.25. The normalized spacial score (nSPS) is 14.7. The molecular formula is C20H26N2O6. The second-order valence-corrected chi connectivity index (χ2v) is 6.25. The van der Waals surface area contributed by atoms with Gasteiger partial charge in [0.05, 0.1) is 13.7 Å². The van der Waals surface area contributed by atoms with E-state index in [9.17, 15) is 14.4 Å². The Hall–Kier alpha value is -3.03. The molecule has 0 aliphatic carbocycles. The molecule has 0 saturated carbocycles. The number of amides is 3. The molecule has 28 heavy (non-hydrogen) atoms. The first kappa shape index (κ1) is 21.3. The topological polar surface area (TPSA) is 94.2 Å². The average molecular weight is 390 g/mol. The Morgan fingerprint density at radius 3 is 2.75 bits per heavy atom. The number of unbranched alkanes of at least 4 members (excludes halogenated alkanes) is 1. The number of ether oxygens (including phenoxy) is 3. The van der Waals surface area contributed by atoms with Gasteiger partial charge in [-0.3, -0.25) is 9.69 Å². The molecule has 1 N–H and O–H groups in total. The molecule has 1 aliphatic heterocycles. The minimum atomic E-state index is -1.05. The van der Waals surface area contributed by atoms with Crippen LogP contribution in [-0.4, -0.2) is 55.7 Å². The molecule has 2 rings (SSSR count). The Kier molecular flexibility index (Phi) is 7.86. The van der Waals surface area contributed by atoms with Crippen molar-refractivity contribution in [2.45, 2.75) is 32.8 Å². The van der Waals surface area contributed by atoms with E-state index in [4.69, 9.17) is 14.2 Å². The van der Waals surface area contributed by atoms with Crippen LogP contribution < -0.4 is 14.8 Å². The summed E-state index contributed by atoms with van der Waals surface area (Å²) in [7, 11) is 1.55. The average Bonchev–Trinajstić information content (AvgIpc) is 3.12. The lowest BCUT2D eigenvalue weighted by Gasteiger charge is -2.17. The Labute approximate surface area is 164 Å². The van der Waals surface area contributed by atoms with E-state index in [2.05, 4.69) is 12.2 Å². The van der Waals surface area contributed by atoms with Gasteiger partial charge in [0.2, 0.25) is 0 Å². The highest BCUT2D eigenvalue weighted by Gasteiger charge is 2.31. The summed E-state index contributed by atoms with van der Waals surface area (Å²) >= 11 is 0. The van der Waals surface area contributed by atoms with Crippen molar-refractivity contribution in [3.63, 3.8) is 0 Å². The van der Waals surface area contributed by atoms with E-state index in [1.807, 2.05) is 0 Å². The Bertz CT molecular complexity index is 746. The zero-order valence-corrected chi connectivity index (χ0v) is 16.4. The zero-order chi connectivity index (χ0) is 20.5. The molecule has 152 valence electrons. The number of imide groups is 1. The largest absolute Gasteiger partial charge is 0.493 e. The van der Waals surface area contributed by atoms with Crippen molar-refractivity contribution in [1.29, 1.82) is 0 Å². The summed E-state index contributed by atoms with van der Waals surface area (Å²) in [5.74, 6) is -0.0244. The number of nitrogens with zero attached hydrogens (tertiary/aromatic N) is 1. The third-order valence-corrected chi connectivity index (χ3v) is 4.12. The van der Waals surface area contributed by atoms with Crippen LogP contribution in [0.1, 0.15) is 32.3 Å². The molecule has 1 atom stereocenters. The number of benzene rings is 1. The third kappa shape index (κ3) is 5.73. The maximum atomic E-state index is 12.1. The zero-order valence-electron chi connectivity index (χ0n) is 16.4. The SMILES string of the molecule is CCCCOc1ccc(/C=C/C(=O)O[C@@H](C)C(=O)N2CCNC2=O)cc1OC. The van der Waals surface area contributed by atoms with Crippen LogP contribution in [0.2, 0.25) is 0 Å². The van der Waals surface area contributed by atoms with Crippen LogP contribution >= 0.6 is 0 Å². The van der Waals surface area contributed by atoms with Crippen LogP contribution in [0.4, 0.5) is 4.79 Å². The molecule has 0 spiro atoms. The lowest BCUT2D eigenvalue weighted by molar-refractivity contribution is -0.153. The molecule has 1 aliphatic rings. The highest BCUT2D eigenvalue weighted by molar-refractivity contribution is 5.99. The van der Waals surface area contributed by atoms with Crippen LogP contribution in [-0.2, 0) is 14.3 Å². The molecule has 8 nitrogen and oxygen atoms in total. The van der Waals surface area contributed by atoms with Crippen LogP contribution in [0.5, 0.6) is 11.5 Å². The molecule has 1 fully saturated rings. The van der Waals surface area contributed by atoms with Crippen LogP contribution in [0.25, 0.3) is 6.08 Å². The molecule has 0 radical (unpaired) electrons. The highest BCUT2D eigenvalue weighted by Crippen LogP contribution is 2.28. The van der Waals surface area contributed by atoms with Gasteiger partial charge in [-0.15, -0.1) is 0 Å². The molecule has 1 saturated heterocycles. The standard InChI is InChI=1S/C20H26N2O6/c1-4-5-12-27-16-8-6-15(13-17(16)26-3)7-9-18(23)28-14(2)19(24)22-11-10-21-20(22)25/h6-9,13-14H,4-5,10-12H2,1-3H3,(H,21,25)/b9-7+/t14-/m0/s1. The van der Waals surface area contributed by atoms with E-state index < -0.39 is 24.0 Å². The highest BCUT2D eigenvalue weighted by atomic mass is 16.5. The summed E-state index contributed by atoms with van der Waals surface area (Å²) in [5, 5.41) is 2.53. The minimum absolute atomic E-state index is 0.266. The number of carbonyl (C=O) groups is 3. The lowest BCUT2D eigenvalue weighted by atomic mass is 10.2. The third-order valence-electron chi connectivity index (χ3n) is 4.12. The monoisotopic (exact) mass is 390 g/mol. The van der Waals surface area contributed by atoms with Gasteiger partial charge in [0.25, 0.3) is 5.91 Å². The molecule has 0 bridgehead atoms. The van der Waals surface area contributed by atoms with Crippen molar-refractivity contribution < 1.29 is 28.6 Å². The van der Waals surface area contributed by atoms with Gasteiger partial charge in [0.1, 0.15) is 0 Å². The van der Waals surface area contributed by atoms with Crippen LogP contribution in [0.15, 0.2) is 24.3 Å². The minimum Gasteiger partial charge on any atom is -0.493 e. The Balaban J connectivity index is 1.93. The smallest absolute Gasteiger partial charge is 0.331 e. The van der Waals surface area contributed by atoms with Gasteiger partial charge < -0.3 is 19.5 Å². The van der Waals surface area contributed by atoms with Gasteiger partial charge in [-0.1, -0.05) is 19.4 Å². The molecule has 1 aromatic carbocycles. The summed E-state index contributed by atoms with van der Waals surface area (Å²) in [5.41, 5.74) is 0.717. The van der Waals surface area contributed by atoms with E-state index in [0.29, 0.717) is 24.7 Å². The van der Waals surface area contributed by atoms with Crippen molar-refractivity contribution in [1.82, 2.24) is 10.2 Å². The Morgan fingerprint density at radius 1 is 1.32 bits per heavy atom. The van der Waals surface area contributed by atoms with E-state index in [1.165, 1.54) is 13.0 Å². The van der Waals surface area contributed by atoms with Crippen molar-refractivity contribution in [2.24, 2.45) is 0 Å². The summed E-state index contributed by atoms with van der Waals surface area (Å²) < 4.78 is 16.1. The predicted molar refractivity (Wildman–Crippen MR) is 103 cm³/mol. The molecule has 1 heterocycles. The molecule has 8 heteroatoms. The molecule has 3 amide bonds. The number of carbonyl (C=O) groups excluding carboxylic acids is 3. The van der Waals surface area contributed by atoms with E-state index in [0.717, 1.165) is 23.3 Å². The maximum Gasteiger partial charge on any atom is 0.331 e. The van der Waals surface area contributed by atoms with E-state index in [-0.39, 0.29) is 6.54 Å². The fourth-order valence-corrected chi connectivity index (χ4v) is 2.56. The van der Waals surface area contributed by atoms with Gasteiger partial charge in [-0.05, 0) is 37.1 Å². The molecule has 1 aromatic rings. The van der Waals surface area contributed by atoms with Crippen LogP contribution in [0, 0.1) is 0 Å². The second kappa shape index (κ2) is 10.3. The van der Waals surface area contributed by atoms with Gasteiger partial charge >= 0.3 is 12.0 Å². The predicted octanol–water partition coefficient (Wildman–Crippen LogP) is 2.37. The van der Waals surface area contributed by atoms with Crippen molar-refractivity contribution in [3.05, 3.63) is 29.8 Å². The van der Waals surface area contributed by atoms with Gasteiger partial charge in [-0.25, -0.2) is 9.59 Å². The quantitative estimate of drug-likeness (QED) is 0.395. The summed E-state index contributed by atoms with van der Waals surface area (Å²) in [4.78, 5) is 36.7. The second-order valence-electron chi connectivity index (χ2n) is 6.25. The van der Waals surface area contributed by atoms with E-state index >= 15 is 0 Å². The first-order chi connectivity index (χ1) is 13.5. The molecule has 0 aromatic heterocycles. The summed E-state index contributed by atoms with van der Waals surface area (Å²) in [6, 6.07) is 4.83. The number of hydrogen-bond donors (Lipinski definition) is 1. The number of esters is 1. The number of hydrogen-bond acceptors (Lipinski definition) is 6. The van der Waals surface area contributed by atoms with Gasteiger partial charge in [-0.2, -0.15) is 0 Å². The summed E-state index contributed by atoms with van der Waals surface area (Å²) in [6.07, 6.45) is 3.71. The van der Waals surface area contributed by atoms with Crippen LogP contribution in [0.3, 0.4) is 0 Å². The van der Waals surface area contributed by atoms with Crippen molar-refractivity contribution in [3.8, 4) is 11.5 Å². The number of nitrogens with one attached hydrogen (secondary N) is 1. The lowest BCUT2D eigenvalue weighted by Crippen LogP contribution is -2.41. The number of rotatable bonds is 9. The Morgan fingerprint density at radius 2 is 2.11 bits per heavy atom. The maximum absolute atomic E-state index is 12.1. The van der Waals surface area contributed by atoms with E-state index in [1.54, 1.807) is 31.4 Å². The van der Waals surface area contributed by atoms with Gasteiger partial charge in [0, 0.05) is 19.2 Å².